The van der Waals surface area contributed by atoms with Crippen molar-refractivity contribution < 1.29 is 22.7 Å². The molecule has 7 heteroatoms. The highest BCUT2D eigenvalue weighted by Crippen LogP contribution is 2.34. The summed E-state index contributed by atoms with van der Waals surface area (Å²) >= 11 is 0. The summed E-state index contributed by atoms with van der Waals surface area (Å²) in [7, 11) is 0. The molecule has 0 aromatic heterocycles. The van der Waals surface area contributed by atoms with E-state index in [4.69, 9.17) is 5.11 Å². The van der Waals surface area contributed by atoms with Crippen molar-refractivity contribution in [1.82, 2.24) is 10.2 Å². The highest BCUT2D eigenvalue weighted by molar-refractivity contribution is 5.29. The lowest BCUT2D eigenvalue weighted by atomic mass is 9.97. The van der Waals surface area contributed by atoms with Gasteiger partial charge in [-0.1, -0.05) is 6.07 Å². The van der Waals surface area contributed by atoms with E-state index in [1.807, 2.05) is 0 Å². The first-order valence-electron chi connectivity index (χ1n) is 7.35. The summed E-state index contributed by atoms with van der Waals surface area (Å²) in [6.45, 7) is 2.91. The second-order valence-corrected chi connectivity index (χ2v) is 5.40. The lowest BCUT2D eigenvalue weighted by molar-refractivity contribution is -0.137. The zero-order valence-corrected chi connectivity index (χ0v) is 12.2. The minimum absolute atomic E-state index is 0.0230. The topological polar surface area (TPSA) is 35.5 Å². The van der Waals surface area contributed by atoms with Gasteiger partial charge in [-0.3, -0.25) is 4.90 Å². The summed E-state index contributed by atoms with van der Waals surface area (Å²) < 4.78 is 52.1. The third-order valence-electron chi connectivity index (χ3n) is 3.91. The zero-order chi connectivity index (χ0) is 16.2. The third-order valence-corrected chi connectivity index (χ3v) is 3.91. The highest BCUT2D eigenvalue weighted by Gasteiger charge is 2.32. The van der Waals surface area contributed by atoms with Crippen LogP contribution in [0.2, 0.25) is 0 Å². The predicted molar refractivity (Wildman–Crippen MR) is 74.9 cm³/mol. The molecular weight excluding hydrogens is 300 g/mol. The molecule has 0 unspecified atom stereocenters. The molecule has 1 saturated heterocycles. The van der Waals surface area contributed by atoms with Crippen molar-refractivity contribution in [3.8, 4) is 0 Å². The molecule has 0 bridgehead atoms. The smallest absolute Gasteiger partial charge is 0.396 e. The van der Waals surface area contributed by atoms with Gasteiger partial charge < -0.3 is 10.4 Å². The SMILES string of the molecule is OCCC[C@@H](c1ccc(C(F)(F)F)cc1F)N1CCNCC1. The quantitative estimate of drug-likeness (QED) is 0.819. The van der Waals surface area contributed by atoms with Gasteiger partial charge in [-0.15, -0.1) is 0 Å². The first-order valence-corrected chi connectivity index (χ1v) is 7.35. The van der Waals surface area contributed by atoms with E-state index in [9.17, 15) is 17.6 Å². The normalized spacial score (nSPS) is 18.4. The molecule has 1 aromatic rings. The third kappa shape index (κ3) is 4.18. The van der Waals surface area contributed by atoms with E-state index in [0.717, 1.165) is 19.2 Å². The summed E-state index contributed by atoms with van der Waals surface area (Å²) in [5.41, 5.74) is -0.710. The lowest BCUT2D eigenvalue weighted by Crippen LogP contribution is -2.45. The first kappa shape index (κ1) is 17.2. The van der Waals surface area contributed by atoms with Crippen LogP contribution < -0.4 is 5.32 Å². The Morgan fingerprint density at radius 2 is 1.91 bits per heavy atom. The Morgan fingerprint density at radius 1 is 1.23 bits per heavy atom. The van der Waals surface area contributed by atoms with Gasteiger partial charge in [0, 0.05) is 44.4 Å². The molecule has 0 aliphatic carbocycles. The number of nitrogens with one attached hydrogen (secondary N) is 1. The molecule has 2 rings (SSSR count). The van der Waals surface area contributed by atoms with Gasteiger partial charge in [0.15, 0.2) is 0 Å². The molecule has 1 heterocycles. The van der Waals surface area contributed by atoms with E-state index < -0.39 is 17.6 Å². The summed E-state index contributed by atoms with van der Waals surface area (Å²) in [5, 5.41) is 12.2. The van der Waals surface area contributed by atoms with Crippen molar-refractivity contribution in [2.24, 2.45) is 0 Å². The van der Waals surface area contributed by atoms with E-state index in [-0.39, 0.29) is 18.2 Å². The van der Waals surface area contributed by atoms with Gasteiger partial charge in [0.25, 0.3) is 0 Å². The molecule has 124 valence electrons. The van der Waals surface area contributed by atoms with E-state index >= 15 is 0 Å². The largest absolute Gasteiger partial charge is 0.416 e. The van der Waals surface area contributed by atoms with Crippen LogP contribution in [-0.4, -0.2) is 42.8 Å². The van der Waals surface area contributed by atoms with Crippen LogP contribution >= 0.6 is 0 Å². The molecule has 0 radical (unpaired) electrons. The van der Waals surface area contributed by atoms with Crippen molar-refractivity contribution in [3.05, 3.63) is 35.1 Å². The Morgan fingerprint density at radius 3 is 2.45 bits per heavy atom. The number of hydrogen-bond acceptors (Lipinski definition) is 3. The fraction of sp³-hybridized carbons (Fsp3) is 0.600. The number of aliphatic hydroxyl groups excluding tert-OH is 1. The Balaban J connectivity index is 2.26. The number of alkyl halides is 3. The number of nitrogens with zero attached hydrogens (tertiary/aromatic N) is 1. The van der Waals surface area contributed by atoms with Crippen LogP contribution in [0.25, 0.3) is 0 Å². The summed E-state index contributed by atoms with van der Waals surface area (Å²) in [5.74, 6) is -0.837. The van der Waals surface area contributed by atoms with Crippen LogP contribution in [0.15, 0.2) is 18.2 Å². The maximum Gasteiger partial charge on any atom is 0.416 e. The maximum atomic E-state index is 14.2. The standard InChI is InChI=1S/C15H20F4N2O/c16-13-10-11(15(17,18)19)3-4-12(13)14(2-1-9-22)21-7-5-20-6-8-21/h3-4,10,14,20,22H,1-2,5-9H2/t14-/m0/s1. The molecule has 0 saturated carbocycles. The fourth-order valence-electron chi connectivity index (χ4n) is 2.79. The van der Waals surface area contributed by atoms with E-state index in [0.29, 0.717) is 32.0 Å². The van der Waals surface area contributed by atoms with Crippen LogP contribution in [-0.2, 0) is 6.18 Å². The molecule has 0 amide bonds. The van der Waals surface area contributed by atoms with E-state index in [2.05, 4.69) is 10.2 Å². The number of aliphatic hydroxyl groups is 1. The average molecular weight is 320 g/mol. The molecule has 3 nitrogen and oxygen atoms in total. The van der Waals surface area contributed by atoms with E-state index in [1.54, 1.807) is 0 Å². The number of benzene rings is 1. The molecule has 0 spiro atoms. The van der Waals surface area contributed by atoms with Gasteiger partial charge in [0.05, 0.1) is 5.56 Å². The van der Waals surface area contributed by atoms with Gasteiger partial charge >= 0.3 is 6.18 Å². The van der Waals surface area contributed by atoms with Gasteiger partial charge in [0.1, 0.15) is 5.82 Å². The Kier molecular flexibility index (Phi) is 5.77. The van der Waals surface area contributed by atoms with Crippen molar-refractivity contribution in [3.63, 3.8) is 0 Å². The van der Waals surface area contributed by atoms with Crippen molar-refractivity contribution in [1.29, 1.82) is 0 Å². The Labute approximate surface area is 126 Å². The maximum absolute atomic E-state index is 14.2. The average Bonchev–Trinajstić information content (AvgIpc) is 2.49. The minimum atomic E-state index is -4.55. The lowest BCUT2D eigenvalue weighted by Gasteiger charge is -2.35. The molecule has 1 aromatic carbocycles. The Bertz CT molecular complexity index is 487. The monoisotopic (exact) mass is 320 g/mol. The van der Waals surface area contributed by atoms with Crippen molar-refractivity contribution in [2.75, 3.05) is 32.8 Å². The van der Waals surface area contributed by atoms with Crippen LogP contribution in [0.3, 0.4) is 0 Å². The summed E-state index contributed by atoms with van der Waals surface area (Å²) in [4.78, 5) is 2.05. The zero-order valence-electron chi connectivity index (χ0n) is 12.2. The molecule has 1 aliphatic rings. The second kappa shape index (κ2) is 7.39. The van der Waals surface area contributed by atoms with Crippen LogP contribution in [0, 0.1) is 5.82 Å². The number of piperazine rings is 1. The second-order valence-electron chi connectivity index (χ2n) is 5.40. The fourth-order valence-corrected chi connectivity index (χ4v) is 2.79. The van der Waals surface area contributed by atoms with Crippen LogP contribution in [0.1, 0.15) is 30.0 Å². The molecular formula is C15H20F4N2O. The number of rotatable bonds is 5. The van der Waals surface area contributed by atoms with Gasteiger partial charge in [-0.25, -0.2) is 4.39 Å². The molecule has 1 aliphatic heterocycles. The first-order chi connectivity index (χ1) is 10.4. The number of hydrogen-bond donors (Lipinski definition) is 2. The summed E-state index contributed by atoms with van der Waals surface area (Å²) in [6.07, 6.45) is -3.55. The molecule has 2 N–H and O–H groups in total. The van der Waals surface area contributed by atoms with Gasteiger partial charge in [-0.05, 0) is 25.0 Å². The Hall–Kier alpha value is -1.18. The van der Waals surface area contributed by atoms with Crippen LogP contribution in [0.5, 0.6) is 0 Å². The molecule has 22 heavy (non-hydrogen) atoms. The highest BCUT2D eigenvalue weighted by atomic mass is 19.4. The van der Waals surface area contributed by atoms with Crippen molar-refractivity contribution >= 4 is 0 Å². The van der Waals surface area contributed by atoms with Crippen LogP contribution in [0.4, 0.5) is 17.6 Å². The van der Waals surface area contributed by atoms with Crippen molar-refractivity contribution in [2.45, 2.75) is 25.1 Å². The van der Waals surface area contributed by atoms with E-state index in [1.165, 1.54) is 6.07 Å². The number of halogens is 4. The van der Waals surface area contributed by atoms with Gasteiger partial charge in [0.2, 0.25) is 0 Å². The minimum Gasteiger partial charge on any atom is -0.396 e. The predicted octanol–water partition coefficient (Wildman–Crippen LogP) is 2.56. The summed E-state index contributed by atoms with van der Waals surface area (Å²) in [6, 6.07) is 2.40. The van der Waals surface area contributed by atoms with Gasteiger partial charge in [-0.2, -0.15) is 13.2 Å². The molecule has 1 atom stereocenters. The molecule has 1 fully saturated rings.